The summed E-state index contributed by atoms with van der Waals surface area (Å²) in [5.41, 5.74) is 4.41. The minimum Gasteiger partial charge on any atom is -0.265 e. The van der Waals surface area contributed by atoms with Crippen LogP contribution in [0.25, 0.3) is 22.5 Å². The SMILES string of the molecule is C=C(C)c1cc(-c2ccncc2)n(-c2ccc(F)cc2)n1. The van der Waals surface area contributed by atoms with Crippen LogP contribution in [-0.2, 0) is 0 Å². The lowest BCUT2D eigenvalue weighted by molar-refractivity contribution is 0.627. The minimum absolute atomic E-state index is 0.267. The van der Waals surface area contributed by atoms with Crippen LogP contribution in [-0.4, -0.2) is 14.8 Å². The molecule has 0 aliphatic rings. The van der Waals surface area contributed by atoms with E-state index in [0.717, 1.165) is 28.2 Å². The maximum Gasteiger partial charge on any atom is 0.123 e. The van der Waals surface area contributed by atoms with Crippen molar-refractivity contribution in [3.8, 4) is 16.9 Å². The van der Waals surface area contributed by atoms with E-state index < -0.39 is 0 Å². The Bertz CT molecular complexity index is 774. The molecule has 1 aromatic carbocycles. The normalized spacial score (nSPS) is 10.6. The first kappa shape index (κ1) is 13.2. The monoisotopic (exact) mass is 279 g/mol. The van der Waals surface area contributed by atoms with E-state index in [0.29, 0.717) is 0 Å². The second-order valence-corrected chi connectivity index (χ2v) is 4.82. The Balaban J connectivity index is 2.19. The summed E-state index contributed by atoms with van der Waals surface area (Å²) in [5.74, 6) is -0.267. The molecule has 0 fully saturated rings. The number of hydrogen-bond donors (Lipinski definition) is 0. The molecule has 3 aromatic rings. The molecule has 2 aromatic heterocycles. The van der Waals surface area contributed by atoms with Crippen LogP contribution >= 0.6 is 0 Å². The van der Waals surface area contributed by atoms with E-state index in [2.05, 4.69) is 16.7 Å². The average molecular weight is 279 g/mol. The maximum atomic E-state index is 13.1. The summed E-state index contributed by atoms with van der Waals surface area (Å²) in [6.45, 7) is 5.84. The van der Waals surface area contributed by atoms with Crippen LogP contribution in [0.5, 0.6) is 0 Å². The predicted molar refractivity (Wildman–Crippen MR) is 81.5 cm³/mol. The highest BCUT2D eigenvalue weighted by Crippen LogP contribution is 2.25. The van der Waals surface area contributed by atoms with Crippen LogP contribution in [0.2, 0.25) is 0 Å². The van der Waals surface area contributed by atoms with Crippen LogP contribution in [0.15, 0.2) is 61.4 Å². The largest absolute Gasteiger partial charge is 0.265 e. The first-order chi connectivity index (χ1) is 10.1. The number of hydrogen-bond acceptors (Lipinski definition) is 2. The van der Waals surface area contributed by atoms with Gasteiger partial charge in [-0.25, -0.2) is 9.07 Å². The standard InChI is InChI=1S/C17H14FN3/c1-12(2)16-11-17(13-7-9-19-10-8-13)21(20-16)15-5-3-14(18)4-6-15/h3-11H,1H2,2H3. The Kier molecular flexibility index (Phi) is 3.36. The Labute approximate surface area is 122 Å². The molecule has 104 valence electrons. The third kappa shape index (κ3) is 2.60. The van der Waals surface area contributed by atoms with E-state index in [-0.39, 0.29) is 5.82 Å². The van der Waals surface area contributed by atoms with Crippen molar-refractivity contribution < 1.29 is 4.39 Å². The zero-order valence-corrected chi connectivity index (χ0v) is 11.6. The molecule has 0 aliphatic carbocycles. The zero-order valence-electron chi connectivity index (χ0n) is 11.6. The quantitative estimate of drug-likeness (QED) is 0.722. The van der Waals surface area contributed by atoms with E-state index in [4.69, 9.17) is 0 Å². The third-order valence-electron chi connectivity index (χ3n) is 3.19. The summed E-state index contributed by atoms with van der Waals surface area (Å²) < 4.78 is 14.9. The summed E-state index contributed by atoms with van der Waals surface area (Å²) in [6.07, 6.45) is 3.47. The van der Waals surface area contributed by atoms with Gasteiger partial charge in [-0.1, -0.05) is 6.58 Å². The molecule has 0 N–H and O–H groups in total. The lowest BCUT2D eigenvalue weighted by atomic mass is 10.1. The van der Waals surface area contributed by atoms with Crippen molar-refractivity contribution >= 4 is 5.57 Å². The molecule has 0 spiro atoms. The van der Waals surface area contributed by atoms with Crippen LogP contribution in [0.4, 0.5) is 4.39 Å². The lowest BCUT2D eigenvalue weighted by Gasteiger charge is -2.07. The second-order valence-electron chi connectivity index (χ2n) is 4.82. The maximum absolute atomic E-state index is 13.1. The molecule has 0 bridgehead atoms. The van der Waals surface area contributed by atoms with Gasteiger partial charge in [0.25, 0.3) is 0 Å². The smallest absolute Gasteiger partial charge is 0.123 e. The number of allylic oxidation sites excluding steroid dienone is 1. The number of benzene rings is 1. The number of aromatic nitrogens is 3. The van der Waals surface area contributed by atoms with Crippen molar-refractivity contribution in [1.29, 1.82) is 0 Å². The van der Waals surface area contributed by atoms with Gasteiger partial charge in [0.05, 0.1) is 17.1 Å². The van der Waals surface area contributed by atoms with Crippen molar-refractivity contribution in [2.45, 2.75) is 6.92 Å². The fraction of sp³-hybridized carbons (Fsp3) is 0.0588. The van der Waals surface area contributed by atoms with Crippen LogP contribution in [0.1, 0.15) is 12.6 Å². The number of nitrogens with zero attached hydrogens (tertiary/aromatic N) is 3. The van der Waals surface area contributed by atoms with Gasteiger partial charge in [-0.15, -0.1) is 0 Å². The summed E-state index contributed by atoms with van der Waals surface area (Å²) in [7, 11) is 0. The molecule has 0 aliphatic heterocycles. The molecule has 0 unspecified atom stereocenters. The molecule has 0 saturated carbocycles. The highest BCUT2D eigenvalue weighted by Gasteiger charge is 2.12. The molecule has 0 amide bonds. The summed E-state index contributed by atoms with van der Waals surface area (Å²) in [6, 6.07) is 12.1. The van der Waals surface area contributed by atoms with Crippen molar-refractivity contribution in [2.24, 2.45) is 0 Å². The van der Waals surface area contributed by atoms with E-state index in [1.54, 1.807) is 29.2 Å². The molecule has 4 heteroatoms. The number of pyridine rings is 1. The molecule has 0 radical (unpaired) electrons. The fourth-order valence-corrected chi connectivity index (χ4v) is 2.10. The fourth-order valence-electron chi connectivity index (χ4n) is 2.10. The molecule has 3 rings (SSSR count). The molecular formula is C17H14FN3. The molecule has 0 atom stereocenters. The second kappa shape index (κ2) is 5.32. The van der Waals surface area contributed by atoms with Gasteiger partial charge in [-0.3, -0.25) is 4.98 Å². The van der Waals surface area contributed by atoms with Gasteiger partial charge in [0.1, 0.15) is 5.82 Å². The first-order valence-corrected chi connectivity index (χ1v) is 6.57. The summed E-state index contributed by atoms with van der Waals surface area (Å²) in [4.78, 5) is 4.03. The predicted octanol–water partition coefficient (Wildman–Crippen LogP) is 4.11. The van der Waals surface area contributed by atoms with E-state index in [9.17, 15) is 4.39 Å². The molecule has 0 saturated heterocycles. The first-order valence-electron chi connectivity index (χ1n) is 6.57. The topological polar surface area (TPSA) is 30.7 Å². The summed E-state index contributed by atoms with van der Waals surface area (Å²) >= 11 is 0. The van der Waals surface area contributed by atoms with Gasteiger partial charge < -0.3 is 0 Å². The van der Waals surface area contributed by atoms with E-state index in [1.165, 1.54) is 12.1 Å². The van der Waals surface area contributed by atoms with Crippen LogP contribution < -0.4 is 0 Å². The zero-order chi connectivity index (χ0) is 14.8. The molecule has 3 nitrogen and oxygen atoms in total. The van der Waals surface area contributed by atoms with Gasteiger partial charge >= 0.3 is 0 Å². The molecule has 2 heterocycles. The van der Waals surface area contributed by atoms with E-state index in [1.807, 2.05) is 25.1 Å². The van der Waals surface area contributed by atoms with E-state index >= 15 is 0 Å². The van der Waals surface area contributed by atoms with Gasteiger partial charge in [0.15, 0.2) is 0 Å². The number of halogens is 1. The van der Waals surface area contributed by atoms with Crippen molar-refractivity contribution in [2.75, 3.05) is 0 Å². The Morgan fingerprint density at radius 1 is 1.10 bits per heavy atom. The Morgan fingerprint density at radius 3 is 2.38 bits per heavy atom. The lowest BCUT2D eigenvalue weighted by Crippen LogP contribution is -1.99. The minimum atomic E-state index is -0.267. The van der Waals surface area contributed by atoms with Gasteiger partial charge in [-0.2, -0.15) is 5.10 Å². The average Bonchev–Trinajstić information content (AvgIpc) is 2.94. The van der Waals surface area contributed by atoms with Crippen LogP contribution in [0.3, 0.4) is 0 Å². The number of rotatable bonds is 3. The van der Waals surface area contributed by atoms with Gasteiger partial charge in [0, 0.05) is 18.0 Å². The molecular weight excluding hydrogens is 265 g/mol. The third-order valence-corrected chi connectivity index (χ3v) is 3.19. The summed E-state index contributed by atoms with van der Waals surface area (Å²) in [5, 5.41) is 4.56. The van der Waals surface area contributed by atoms with Gasteiger partial charge in [0.2, 0.25) is 0 Å². The Morgan fingerprint density at radius 2 is 1.76 bits per heavy atom. The highest BCUT2D eigenvalue weighted by atomic mass is 19.1. The van der Waals surface area contributed by atoms with Gasteiger partial charge in [-0.05, 0) is 55.0 Å². The van der Waals surface area contributed by atoms with Crippen molar-refractivity contribution in [1.82, 2.24) is 14.8 Å². The van der Waals surface area contributed by atoms with Crippen molar-refractivity contribution in [3.05, 3.63) is 72.9 Å². The molecule has 21 heavy (non-hydrogen) atoms. The Hall–Kier alpha value is -2.75. The van der Waals surface area contributed by atoms with Crippen molar-refractivity contribution in [3.63, 3.8) is 0 Å². The highest BCUT2D eigenvalue weighted by molar-refractivity contribution is 5.68. The van der Waals surface area contributed by atoms with Crippen LogP contribution in [0, 0.1) is 5.82 Å².